The molecule has 3 aliphatic rings. The van der Waals surface area contributed by atoms with E-state index in [9.17, 15) is 0 Å². The maximum atomic E-state index is 5.57. The first-order chi connectivity index (χ1) is 11.3. The van der Waals surface area contributed by atoms with Crippen LogP contribution in [0, 0.1) is 5.92 Å². The molecule has 0 aromatic carbocycles. The van der Waals surface area contributed by atoms with Crippen molar-refractivity contribution in [3.63, 3.8) is 0 Å². The van der Waals surface area contributed by atoms with Crippen LogP contribution in [0.2, 0.25) is 0 Å². The van der Waals surface area contributed by atoms with Crippen LogP contribution in [0.4, 0.5) is 0 Å². The molecule has 0 amide bonds. The molecule has 3 rings (SSSR count). The Balaban J connectivity index is 1.63. The first kappa shape index (κ1) is 17.0. The lowest BCUT2D eigenvalue weighted by Gasteiger charge is -2.47. The lowest BCUT2D eigenvalue weighted by molar-refractivity contribution is -0.0333. The third-order valence-corrected chi connectivity index (χ3v) is 5.60. The molecule has 0 aromatic heterocycles. The zero-order chi connectivity index (χ0) is 16.0. The Hall–Kier alpha value is -0.810. The zero-order valence-electron chi connectivity index (χ0n) is 14.8. The second kappa shape index (κ2) is 8.34. The molecule has 5 heteroatoms. The number of morpholine rings is 1. The van der Waals surface area contributed by atoms with Gasteiger partial charge >= 0.3 is 0 Å². The molecule has 2 saturated carbocycles. The Morgan fingerprint density at radius 2 is 1.87 bits per heavy atom. The Bertz CT molecular complexity index is 382. The Labute approximate surface area is 141 Å². The summed E-state index contributed by atoms with van der Waals surface area (Å²) in [5.74, 6) is 1.89. The van der Waals surface area contributed by atoms with Crippen molar-refractivity contribution >= 4 is 5.96 Å². The van der Waals surface area contributed by atoms with E-state index in [0.29, 0.717) is 0 Å². The molecular weight excluding hydrogens is 288 g/mol. The summed E-state index contributed by atoms with van der Waals surface area (Å²) in [4.78, 5) is 7.67. The molecule has 0 spiro atoms. The van der Waals surface area contributed by atoms with E-state index in [1.54, 1.807) is 0 Å². The van der Waals surface area contributed by atoms with Crippen LogP contribution in [0.15, 0.2) is 4.99 Å². The number of hydrogen-bond acceptors (Lipinski definition) is 3. The highest BCUT2D eigenvalue weighted by Gasteiger charge is 2.38. The predicted molar refractivity (Wildman–Crippen MR) is 94.9 cm³/mol. The summed E-state index contributed by atoms with van der Waals surface area (Å²) in [6, 6.07) is 0. The average Bonchev–Trinajstić information content (AvgIpc) is 3.43. The van der Waals surface area contributed by atoms with Crippen LogP contribution >= 0.6 is 0 Å². The fourth-order valence-corrected chi connectivity index (χ4v) is 3.95. The molecule has 0 radical (unpaired) electrons. The maximum Gasteiger partial charge on any atom is 0.191 e. The van der Waals surface area contributed by atoms with Gasteiger partial charge in [0.2, 0.25) is 0 Å². The smallest absolute Gasteiger partial charge is 0.191 e. The molecule has 2 N–H and O–H groups in total. The van der Waals surface area contributed by atoms with E-state index in [2.05, 4.69) is 22.5 Å². The Kier molecular flexibility index (Phi) is 6.17. The molecule has 0 unspecified atom stereocenters. The van der Waals surface area contributed by atoms with Gasteiger partial charge in [-0.3, -0.25) is 9.89 Å². The average molecular weight is 322 g/mol. The summed E-state index contributed by atoms with van der Waals surface area (Å²) >= 11 is 0. The largest absolute Gasteiger partial charge is 0.379 e. The van der Waals surface area contributed by atoms with E-state index >= 15 is 0 Å². The van der Waals surface area contributed by atoms with Gasteiger partial charge in [0.25, 0.3) is 0 Å². The van der Waals surface area contributed by atoms with Gasteiger partial charge in [-0.1, -0.05) is 19.3 Å². The van der Waals surface area contributed by atoms with Crippen molar-refractivity contribution in [3.05, 3.63) is 0 Å². The van der Waals surface area contributed by atoms with Crippen LogP contribution < -0.4 is 10.6 Å². The van der Waals surface area contributed by atoms with E-state index in [1.807, 2.05) is 0 Å². The third kappa shape index (κ3) is 4.83. The Morgan fingerprint density at radius 1 is 1.13 bits per heavy atom. The second-order valence-corrected chi connectivity index (χ2v) is 7.40. The second-order valence-electron chi connectivity index (χ2n) is 7.40. The molecule has 0 bridgehead atoms. The van der Waals surface area contributed by atoms with Crippen molar-refractivity contribution in [2.24, 2.45) is 10.9 Å². The molecule has 1 saturated heterocycles. The molecule has 23 heavy (non-hydrogen) atoms. The van der Waals surface area contributed by atoms with Gasteiger partial charge in [0.1, 0.15) is 0 Å². The monoisotopic (exact) mass is 322 g/mol. The lowest BCUT2D eigenvalue weighted by atomic mass is 9.80. The number of guanidine groups is 1. The summed E-state index contributed by atoms with van der Waals surface area (Å²) in [5, 5.41) is 6.96. The highest BCUT2D eigenvalue weighted by Crippen LogP contribution is 2.34. The van der Waals surface area contributed by atoms with Crippen LogP contribution in [0.5, 0.6) is 0 Å². The minimum absolute atomic E-state index is 0.268. The first-order valence-electron chi connectivity index (χ1n) is 9.67. The number of nitrogens with one attached hydrogen (secondary N) is 2. The highest BCUT2D eigenvalue weighted by molar-refractivity contribution is 5.79. The number of nitrogens with zero attached hydrogens (tertiary/aromatic N) is 2. The van der Waals surface area contributed by atoms with Gasteiger partial charge in [-0.25, -0.2) is 0 Å². The minimum atomic E-state index is 0.268. The fourth-order valence-electron chi connectivity index (χ4n) is 3.95. The lowest BCUT2D eigenvalue weighted by Crippen LogP contribution is -2.56. The minimum Gasteiger partial charge on any atom is -0.379 e. The fraction of sp³-hybridized carbons (Fsp3) is 0.944. The van der Waals surface area contributed by atoms with E-state index < -0.39 is 0 Å². The highest BCUT2D eigenvalue weighted by atomic mass is 16.5. The van der Waals surface area contributed by atoms with Gasteiger partial charge in [0.05, 0.1) is 19.8 Å². The van der Waals surface area contributed by atoms with Gasteiger partial charge < -0.3 is 15.4 Å². The third-order valence-electron chi connectivity index (χ3n) is 5.60. The van der Waals surface area contributed by atoms with Crippen molar-refractivity contribution in [3.8, 4) is 0 Å². The molecular formula is C18H34N4O. The number of hydrogen-bond donors (Lipinski definition) is 2. The molecule has 1 aliphatic heterocycles. The SMILES string of the molecule is CCNC(=NCC1(N2CCOCC2)CCCCC1)NCC1CC1. The van der Waals surface area contributed by atoms with Crippen molar-refractivity contribution in [2.75, 3.05) is 45.9 Å². The van der Waals surface area contributed by atoms with Crippen LogP contribution in [0.1, 0.15) is 51.9 Å². The quantitative estimate of drug-likeness (QED) is 0.580. The van der Waals surface area contributed by atoms with Gasteiger partial charge in [-0.15, -0.1) is 0 Å². The molecule has 132 valence electrons. The first-order valence-corrected chi connectivity index (χ1v) is 9.67. The van der Waals surface area contributed by atoms with E-state index in [-0.39, 0.29) is 5.54 Å². The molecule has 5 nitrogen and oxygen atoms in total. The van der Waals surface area contributed by atoms with Crippen molar-refractivity contribution < 1.29 is 4.74 Å². The zero-order valence-corrected chi connectivity index (χ0v) is 14.8. The summed E-state index contributed by atoms with van der Waals surface area (Å²) in [7, 11) is 0. The maximum absolute atomic E-state index is 5.57. The molecule has 3 fully saturated rings. The van der Waals surface area contributed by atoms with Gasteiger partial charge in [0, 0.05) is 31.7 Å². The predicted octanol–water partition coefficient (Wildman–Crippen LogP) is 1.99. The van der Waals surface area contributed by atoms with E-state index in [4.69, 9.17) is 9.73 Å². The van der Waals surface area contributed by atoms with E-state index in [0.717, 1.165) is 57.8 Å². The van der Waals surface area contributed by atoms with Crippen molar-refractivity contribution in [1.29, 1.82) is 0 Å². The van der Waals surface area contributed by atoms with Crippen LogP contribution in [0.3, 0.4) is 0 Å². The molecule has 1 heterocycles. The van der Waals surface area contributed by atoms with Crippen LogP contribution in [-0.2, 0) is 4.74 Å². The van der Waals surface area contributed by atoms with Gasteiger partial charge in [0.15, 0.2) is 5.96 Å². The van der Waals surface area contributed by atoms with Gasteiger partial charge in [-0.2, -0.15) is 0 Å². The van der Waals surface area contributed by atoms with Crippen LogP contribution in [-0.4, -0.2) is 62.3 Å². The van der Waals surface area contributed by atoms with Crippen molar-refractivity contribution in [1.82, 2.24) is 15.5 Å². The van der Waals surface area contributed by atoms with Crippen LogP contribution in [0.25, 0.3) is 0 Å². The van der Waals surface area contributed by atoms with E-state index in [1.165, 1.54) is 44.9 Å². The Morgan fingerprint density at radius 3 is 2.52 bits per heavy atom. The molecule has 0 atom stereocenters. The summed E-state index contributed by atoms with van der Waals surface area (Å²) < 4.78 is 5.57. The normalized spacial score (nSPS) is 26.0. The molecule has 0 aromatic rings. The summed E-state index contributed by atoms with van der Waals surface area (Å²) in [6.45, 7) is 8.98. The topological polar surface area (TPSA) is 48.9 Å². The molecule has 2 aliphatic carbocycles. The number of ether oxygens (including phenoxy) is 1. The van der Waals surface area contributed by atoms with Gasteiger partial charge in [-0.05, 0) is 38.5 Å². The number of aliphatic imine (C=N–C) groups is 1. The summed E-state index contributed by atoms with van der Waals surface area (Å²) in [6.07, 6.45) is 9.42. The van der Waals surface area contributed by atoms with Crippen molar-refractivity contribution in [2.45, 2.75) is 57.4 Å². The standard InChI is InChI=1S/C18H34N4O/c1-2-19-17(20-14-16-6-7-16)21-15-18(8-4-3-5-9-18)22-10-12-23-13-11-22/h16H,2-15H2,1H3,(H2,19,20,21). The summed E-state index contributed by atoms with van der Waals surface area (Å²) in [5.41, 5.74) is 0.268. The number of rotatable bonds is 6.